The van der Waals surface area contributed by atoms with Crippen LogP contribution in [-0.4, -0.2) is 71.2 Å². The number of carbonyl (C=O) groups excluding carboxylic acids is 2. The molecule has 1 fully saturated rings. The molecule has 30 heavy (non-hydrogen) atoms. The molecule has 2 aliphatic heterocycles. The molecule has 0 radical (unpaired) electrons. The fourth-order valence-corrected chi connectivity index (χ4v) is 5.57. The fraction of sp³-hybridized carbons (Fsp3) is 0.455. The quantitative estimate of drug-likeness (QED) is 0.673. The van der Waals surface area contributed by atoms with Gasteiger partial charge in [-0.15, -0.1) is 22.9 Å². The summed E-state index contributed by atoms with van der Waals surface area (Å²) in [6, 6.07) is 8.56. The van der Waals surface area contributed by atoms with Gasteiger partial charge in [0.25, 0.3) is 0 Å². The van der Waals surface area contributed by atoms with Crippen LogP contribution >= 0.6 is 22.9 Å². The number of rotatable bonds is 4. The van der Waals surface area contributed by atoms with Crippen LogP contribution in [-0.2, 0) is 16.0 Å². The number of benzene rings is 1. The third-order valence-electron chi connectivity index (χ3n) is 5.98. The lowest BCUT2D eigenvalue weighted by molar-refractivity contribution is -0.142. The third-order valence-corrected chi connectivity index (χ3v) is 7.21. The van der Waals surface area contributed by atoms with Crippen molar-refractivity contribution in [3.63, 3.8) is 0 Å². The number of alkyl halides is 1. The zero-order valence-electron chi connectivity index (χ0n) is 16.9. The van der Waals surface area contributed by atoms with Gasteiger partial charge >= 0.3 is 0 Å². The van der Waals surface area contributed by atoms with Crippen LogP contribution in [0.2, 0.25) is 0 Å². The van der Waals surface area contributed by atoms with Crippen molar-refractivity contribution in [1.29, 1.82) is 0 Å². The molecule has 2 atom stereocenters. The van der Waals surface area contributed by atoms with E-state index >= 15 is 0 Å². The molecule has 0 saturated carbocycles. The molecule has 1 aromatic carbocycles. The first kappa shape index (κ1) is 21.3. The van der Waals surface area contributed by atoms with Crippen molar-refractivity contribution in [2.45, 2.75) is 25.4 Å². The number of thiophene rings is 1. The van der Waals surface area contributed by atoms with Crippen LogP contribution in [0, 0.1) is 5.82 Å². The first-order valence-corrected chi connectivity index (χ1v) is 11.6. The van der Waals surface area contributed by atoms with Crippen LogP contribution in [0.5, 0.6) is 0 Å². The Labute approximate surface area is 185 Å². The van der Waals surface area contributed by atoms with Gasteiger partial charge in [-0.05, 0) is 48.1 Å². The standard InChI is InChI=1S/C22H25ClFN3O2S/c1-15-13-25(8-9-27(15)20(28)12-23)21(29)14-26-7-5-19-18(6-10-30-19)22(26)16-3-2-4-17(24)11-16/h2-4,6,10-11,15,22H,5,7-9,12-14H2,1H3/t15-,22+/m1/s1. The highest BCUT2D eigenvalue weighted by Gasteiger charge is 2.34. The SMILES string of the molecule is C[C@@H]1CN(C(=O)CN2CCc3sccc3[C@@H]2c2cccc(F)c2)CCN1C(=O)CCl. The van der Waals surface area contributed by atoms with Gasteiger partial charge in [0.2, 0.25) is 11.8 Å². The predicted molar refractivity (Wildman–Crippen MR) is 116 cm³/mol. The zero-order chi connectivity index (χ0) is 21.3. The number of fused-ring (bicyclic) bond motifs is 1. The average Bonchev–Trinajstić information content (AvgIpc) is 3.21. The lowest BCUT2D eigenvalue weighted by Crippen LogP contribution is -2.57. The first-order valence-electron chi connectivity index (χ1n) is 10.2. The van der Waals surface area contributed by atoms with Crippen molar-refractivity contribution in [1.82, 2.24) is 14.7 Å². The zero-order valence-corrected chi connectivity index (χ0v) is 18.5. The minimum Gasteiger partial charge on any atom is -0.338 e. The van der Waals surface area contributed by atoms with Crippen molar-refractivity contribution in [3.8, 4) is 0 Å². The van der Waals surface area contributed by atoms with Gasteiger partial charge in [-0.2, -0.15) is 0 Å². The Balaban J connectivity index is 1.50. The minimum atomic E-state index is -0.268. The lowest BCUT2D eigenvalue weighted by Gasteiger charge is -2.41. The summed E-state index contributed by atoms with van der Waals surface area (Å²) in [7, 11) is 0. The molecule has 0 unspecified atom stereocenters. The van der Waals surface area contributed by atoms with E-state index in [4.69, 9.17) is 11.6 Å². The first-order chi connectivity index (χ1) is 14.5. The molecule has 160 valence electrons. The molecule has 0 bridgehead atoms. The Bertz CT molecular complexity index is 937. The van der Waals surface area contributed by atoms with Crippen molar-refractivity contribution in [3.05, 3.63) is 57.5 Å². The molecular formula is C22H25ClFN3O2S. The summed E-state index contributed by atoms with van der Waals surface area (Å²) >= 11 is 7.41. The summed E-state index contributed by atoms with van der Waals surface area (Å²) in [5, 5.41) is 2.07. The molecule has 2 aliphatic rings. The van der Waals surface area contributed by atoms with E-state index in [1.54, 1.807) is 28.4 Å². The monoisotopic (exact) mass is 449 g/mol. The van der Waals surface area contributed by atoms with Crippen molar-refractivity contribution >= 4 is 34.8 Å². The molecule has 3 heterocycles. The number of hydrogen-bond acceptors (Lipinski definition) is 4. The number of piperazine rings is 1. The molecule has 0 N–H and O–H groups in total. The predicted octanol–water partition coefficient (Wildman–Crippen LogP) is 3.13. The molecule has 1 saturated heterocycles. The van der Waals surface area contributed by atoms with E-state index in [0.717, 1.165) is 24.1 Å². The van der Waals surface area contributed by atoms with Crippen LogP contribution < -0.4 is 0 Å². The highest BCUT2D eigenvalue weighted by atomic mass is 35.5. The van der Waals surface area contributed by atoms with Gasteiger partial charge in [0.15, 0.2) is 0 Å². The number of nitrogens with zero attached hydrogens (tertiary/aromatic N) is 3. The van der Waals surface area contributed by atoms with Gasteiger partial charge in [0.05, 0.1) is 12.6 Å². The topological polar surface area (TPSA) is 43.9 Å². The summed E-state index contributed by atoms with van der Waals surface area (Å²) in [6.45, 7) is 4.48. The Morgan fingerprint density at radius 2 is 2.03 bits per heavy atom. The van der Waals surface area contributed by atoms with E-state index in [1.165, 1.54) is 10.9 Å². The van der Waals surface area contributed by atoms with E-state index < -0.39 is 0 Å². The largest absolute Gasteiger partial charge is 0.338 e. The lowest BCUT2D eigenvalue weighted by atomic mass is 9.93. The van der Waals surface area contributed by atoms with Crippen LogP contribution in [0.3, 0.4) is 0 Å². The third kappa shape index (κ3) is 4.24. The molecule has 1 aromatic heterocycles. The highest BCUT2D eigenvalue weighted by molar-refractivity contribution is 7.10. The van der Waals surface area contributed by atoms with E-state index in [0.29, 0.717) is 19.6 Å². The van der Waals surface area contributed by atoms with Crippen LogP contribution in [0.15, 0.2) is 35.7 Å². The summed E-state index contributed by atoms with van der Waals surface area (Å²) in [5.41, 5.74) is 2.03. The Morgan fingerprint density at radius 1 is 1.20 bits per heavy atom. The molecular weight excluding hydrogens is 425 g/mol. The van der Waals surface area contributed by atoms with Crippen molar-refractivity contribution < 1.29 is 14.0 Å². The van der Waals surface area contributed by atoms with E-state index in [1.807, 2.05) is 17.9 Å². The number of amides is 2. The average molecular weight is 450 g/mol. The molecule has 8 heteroatoms. The van der Waals surface area contributed by atoms with Crippen molar-refractivity contribution in [2.75, 3.05) is 38.6 Å². The number of carbonyl (C=O) groups is 2. The molecule has 0 spiro atoms. The molecule has 2 amide bonds. The maximum atomic E-state index is 13.9. The van der Waals surface area contributed by atoms with Crippen molar-refractivity contribution in [2.24, 2.45) is 0 Å². The number of hydrogen-bond donors (Lipinski definition) is 0. The molecule has 5 nitrogen and oxygen atoms in total. The number of halogens is 2. The van der Waals surface area contributed by atoms with Gasteiger partial charge in [-0.25, -0.2) is 4.39 Å². The normalized spacial score (nSPS) is 22.1. The summed E-state index contributed by atoms with van der Waals surface area (Å²) in [4.78, 5) is 32.1. The van der Waals surface area contributed by atoms with E-state index in [9.17, 15) is 14.0 Å². The fourth-order valence-electron chi connectivity index (χ4n) is 4.51. The second-order valence-electron chi connectivity index (χ2n) is 7.89. The Kier molecular flexibility index (Phi) is 6.41. The van der Waals surface area contributed by atoms with Crippen LogP contribution in [0.1, 0.15) is 29.0 Å². The second kappa shape index (κ2) is 9.04. The maximum Gasteiger partial charge on any atom is 0.237 e. The Morgan fingerprint density at radius 3 is 2.77 bits per heavy atom. The Hall–Kier alpha value is -1.96. The summed E-state index contributed by atoms with van der Waals surface area (Å²) in [6.07, 6.45) is 0.889. The molecule has 0 aliphatic carbocycles. The second-order valence-corrected chi connectivity index (χ2v) is 9.15. The van der Waals surface area contributed by atoms with Gasteiger partial charge in [0.1, 0.15) is 11.7 Å². The maximum absolute atomic E-state index is 13.9. The van der Waals surface area contributed by atoms with Crippen LogP contribution in [0.4, 0.5) is 4.39 Å². The highest BCUT2D eigenvalue weighted by Crippen LogP contribution is 2.37. The van der Waals surface area contributed by atoms with E-state index in [2.05, 4.69) is 16.3 Å². The summed E-state index contributed by atoms with van der Waals surface area (Å²) in [5.74, 6) is -0.358. The van der Waals surface area contributed by atoms with Gasteiger partial charge in [-0.3, -0.25) is 14.5 Å². The minimum absolute atomic E-state index is 0.0373. The van der Waals surface area contributed by atoms with Gasteiger partial charge in [-0.1, -0.05) is 12.1 Å². The summed E-state index contributed by atoms with van der Waals surface area (Å²) < 4.78 is 13.9. The molecule has 2 aromatic rings. The molecule has 4 rings (SSSR count). The van der Waals surface area contributed by atoms with E-state index in [-0.39, 0.29) is 42.1 Å². The van der Waals surface area contributed by atoms with Gasteiger partial charge in [0, 0.05) is 37.1 Å². The smallest absolute Gasteiger partial charge is 0.237 e. The van der Waals surface area contributed by atoms with Gasteiger partial charge < -0.3 is 9.80 Å². The van der Waals surface area contributed by atoms with Crippen LogP contribution in [0.25, 0.3) is 0 Å².